The van der Waals surface area contributed by atoms with Crippen molar-refractivity contribution in [1.29, 1.82) is 0 Å². The number of hydrogen-bond acceptors (Lipinski definition) is 3. The minimum atomic E-state index is 0.632. The van der Waals surface area contributed by atoms with Crippen LogP contribution in [0, 0.1) is 11.6 Å². The maximum atomic E-state index is 5.83. The molecule has 0 saturated heterocycles. The van der Waals surface area contributed by atoms with Crippen molar-refractivity contribution in [3.63, 3.8) is 0 Å². The average Bonchev–Trinajstić information content (AvgIpc) is 2.27. The van der Waals surface area contributed by atoms with Crippen molar-refractivity contribution in [2.45, 2.75) is 17.6 Å². The van der Waals surface area contributed by atoms with E-state index in [1.807, 2.05) is 37.3 Å². The molecule has 0 radical (unpaired) electrons. The Morgan fingerprint density at radius 1 is 1.35 bits per heavy atom. The Morgan fingerprint density at radius 2 is 2.06 bits per heavy atom. The molecule has 0 aliphatic carbocycles. The van der Waals surface area contributed by atoms with E-state index in [0.717, 1.165) is 27.2 Å². The van der Waals surface area contributed by atoms with Gasteiger partial charge >= 0.3 is 0 Å². The number of nitrogens with zero attached hydrogens (tertiary/aromatic N) is 1. The van der Waals surface area contributed by atoms with Gasteiger partial charge in [0.2, 0.25) is 0 Å². The van der Waals surface area contributed by atoms with Gasteiger partial charge in [-0.2, -0.15) is 0 Å². The summed E-state index contributed by atoms with van der Waals surface area (Å²) in [6.45, 7) is 1.98. The SMILES string of the molecule is Cc1cc(=S)nc(CSc2ccc(Cl)cc2)[nH]1. The third kappa shape index (κ3) is 3.84. The molecule has 0 fully saturated rings. The third-order valence-electron chi connectivity index (χ3n) is 2.12. The van der Waals surface area contributed by atoms with Crippen LogP contribution >= 0.6 is 35.6 Å². The summed E-state index contributed by atoms with van der Waals surface area (Å²) in [5.74, 6) is 1.67. The molecule has 0 aliphatic heterocycles. The van der Waals surface area contributed by atoms with Gasteiger partial charge in [0, 0.05) is 15.6 Å². The van der Waals surface area contributed by atoms with Gasteiger partial charge in [0.25, 0.3) is 0 Å². The summed E-state index contributed by atoms with van der Waals surface area (Å²) in [7, 11) is 0. The van der Waals surface area contributed by atoms with E-state index in [1.54, 1.807) is 11.8 Å². The van der Waals surface area contributed by atoms with Crippen LogP contribution in [0.2, 0.25) is 5.02 Å². The van der Waals surface area contributed by atoms with Crippen molar-refractivity contribution in [1.82, 2.24) is 9.97 Å². The molecule has 1 aromatic carbocycles. The third-order valence-corrected chi connectivity index (χ3v) is 3.60. The van der Waals surface area contributed by atoms with Crippen LogP contribution in [0.3, 0.4) is 0 Å². The molecule has 0 aliphatic rings. The molecule has 0 amide bonds. The highest BCUT2D eigenvalue weighted by Gasteiger charge is 1.99. The molecule has 2 rings (SSSR count). The molecule has 2 aromatic rings. The first-order valence-corrected chi connectivity index (χ1v) is 6.86. The predicted molar refractivity (Wildman–Crippen MR) is 75.2 cm³/mol. The van der Waals surface area contributed by atoms with Gasteiger partial charge in [0.1, 0.15) is 10.5 Å². The Balaban J connectivity index is 2.07. The first-order valence-electron chi connectivity index (χ1n) is 5.09. The normalized spacial score (nSPS) is 10.5. The summed E-state index contributed by atoms with van der Waals surface area (Å²) < 4.78 is 0.632. The van der Waals surface area contributed by atoms with E-state index >= 15 is 0 Å². The van der Waals surface area contributed by atoms with Gasteiger partial charge in [-0.05, 0) is 37.3 Å². The maximum Gasteiger partial charge on any atom is 0.130 e. The number of hydrogen-bond donors (Lipinski definition) is 1. The van der Waals surface area contributed by atoms with Gasteiger partial charge < -0.3 is 4.98 Å². The number of H-pyrrole nitrogens is 1. The van der Waals surface area contributed by atoms with E-state index in [-0.39, 0.29) is 0 Å². The van der Waals surface area contributed by atoms with Crippen molar-refractivity contribution >= 4 is 35.6 Å². The lowest BCUT2D eigenvalue weighted by molar-refractivity contribution is 0.986. The summed E-state index contributed by atoms with van der Waals surface area (Å²) in [5, 5.41) is 0.752. The Morgan fingerprint density at radius 3 is 2.71 bits per heavy atom. The van der Waals surface area contributed by atoms with Gasteiger partial charge in [0.15, 0.2) is 0 Å². The molecule has 1 aromatic heterocycles. The lowest BCUT2D eigenvalue weighted by Crippen LogP contribution is -1.94. The minimum absolute atomic E-state index is 0.632. The van der Waals surface area contributed by atoms with Crippen LogP contribution < -0.4 is 0 Å². The van der Waals surface area contributed by atoms with Crippen LogP contribution in [-0.4, -0.2) is 9.97 Å². The monoisotopic (exact) mass is 282 g/mol. The van der Waals surface area contributed by atoms with E-state index in [9.17, 15) is 0 Å². The number of nitrogens with one attached hydrogen (secondary N) is 1. The van der Waals surface area contributed by atoms with Crippen LogP contribution in [0.15, 0.2) is 35.2 Å². The zero-order chi connectivity index (χ0) is 12.3. The molecular formula is C12H11ClN2S2. The van der Waals surface area contributed by atoms with Crippen LogP contribution in [-0.2, 0) is 5.75 Å². The number of aryl methyl sites for hydroxylation is 1. The number of rotatable bonds is 3. The number of benzene rings is 1. The predicted octanol–water partition coefficient (Wildman–Crippen LogP) is 4.39. The van der Waals surface area contributed by atoms with Gasteiger partial charge in [0.05, 0.1) is 5.75 Å². The van der Waals surface area contributed by atoms with Crippen molar-refractivity contribution in [3.8, 4) is 0 Å². The van der Waals surface area contributed by atoms with E-state index in [0.29, 0.717) is 4.64 Å². The molecule has 5 heteroatoms. The topological polar surface area (TPSA) is 28.7 Å². The molecule has 0 atom stereocenters. The summed E-state index contributed by atoms with van der Waals surface area (Å²) in [6, 6.07) is 9.62. The van der Waals surface area contributed by atoms with Crippen molar-refractivity contribution in [2.24, 2.45) is 0 Å². The van der Waals surface area contributed by atoms with Gasteiger partial charge in [-0.15, -0.1) is 11.8 Å². The molecule has 17 heavy (non-hydrogen) atoms. The van der Waals surface area contributed by atoms with Gasteiger partial charge in [-0.25, -0.2) is 4.98 Å². The highest BCUT2D eigenvalue weighted by Crippen LogP contribution is 2.22. The molecule has 88 valence electrons. The summed E-state index contributed by atoms with van der Waals surface area (Å²) in [4.78, 5) is 8.65. The number of aromatic amines is 1. The molecule has 0 spiro atoms. The highest BCUT2D eigenvalue weighted by atomic mass is 35.5. The minimum Gasteiger partial charge on any atom is -0.347 e. The van der Waals surface area contributed by atoms with Crippen molar-refractivity contribution in [2.75, 3.05) is 0 Å². The zero-order valence-corrected chi connectivity index (χ0v) is 11.6. The second-order valence-corrected chi connectivity index (χ2v) is 5.50. The fourth-order valence-corrected chi connectivity index (χ4v) is 2.57. The van der Waals surface area contributed by atoms with E-state index in [1.165, 1.54) is 0 Å². The molecule has 1 heterocycles. The van der Waals surface area contributed by atoms with E-state index < -0.39 is 0 Å². The molecule has 2 nitrogen and oxygen atoms in total. The van der Waals surface area contributed by atoms with E-state index in [4.69, 9.17) is 23.8 Å². The largest absolute Gasteiger partial charge is 0.347 e. The summed E-state index contributed by atoms with van der Waals surface area (Å²) >= 11 is 12.6. The average molecular weight is 283 g/mol. The molecular weight excluding hydrogens is 272 g/mol. The fraction of sp³-hybridized carbons (Fsp3) is 0.167. The Labute approximate surface area is 114 Å². The van der Waals surface area contributed by atoms with Crippen LogP contribution in [0.1, 0.15) is 11.5 Å². The number of thioether (sulfide) groups is 1. The molecule has 0 unspecified atom stereocenters. The maximum absolute atomic E-state index is 5.83. The van der Waals surface area contributed by atoms with Gasteiger partial charge in [-0.1, -0.05) is 23.8 Å². The number of halogens is 1. The smallest absolute Gasteiger partial charge is 0.130 e. The fourth-order valence-electron chi connectivity index (χ4n) is 1.39. The lowest BCUT2D eigenvalue weighted by Gasteiger charge is -2.03. The van der Waals surface area contributed by atoms with Crippen LogP contribution in [0.25, 0.3) is 0 Å². The number of aromatic nitrogens is 2. The first-order chi connectivity index (χ1) is 8.13. The van der Waals surface area contributed by atoms with Crippen LogP contribution in [0.4, 0.5) is 0 Å². The second kappa shape index (κ2) is 5.67. The molecule has 0 saturated carbocycles. The van der Waals surface area contributed by atoms with Crippen molar-refractivity contribution in [3.05, 3.63) is 51.5 Å². The van der Waals surface area contributed by atoms with Crippen molar-refractivity contribution < 1.29 is 0 Å². The van der Waals surface area contributed by atoms with Gasteiger partial charge in [-0.3, -0.25) is 0 Å². The lowest BCUT2D eigenvalue weighted by atomic mass is 10.4. The highest BCUT2D eigenvalue weighted by molar-refractivity contribution is 7.98. The quantitative estimate of drug-likeness (QED) is 0.668. The zero-order valence-electron chi connectivity index (χ0n) is 9.24. The summed E-state index contributed by atoms with van der Waals surface area (Å²) in [6.07, 6.45) is 0. The first kappa shape index (κ1) is 12.6. The Kier molecular flexibility index (Phi) is 4.20. The standard InChI is InChI=1S/C12H11ClN2S2/c1-8-6-12(16)15-11(14-8)7-17-10-4-2-9(13)3-5-10/h2-6H,7H2,1H3,(H,14,15,16). The molecule has 0 bridgehead atoms. The van der Waals surface area contributed by atoms with E-state index in [2.05, 4.69) is 9.97 Å². The summed E-state index contributed by atoms with van der Waals surface area (Å²) in [5.41, 5.74) is 1.04. The van der Waals surface area contributed by atoms with Crippen LogP contribution in [0.5, 0.6) is 0 Å². The second-order valence-electron chi connectivity index (χ2n) is 3.59. The Bertz CT molecular complexity index is 563. The molecule has 1 N–H and O–H groups in total. The Hall–Kier alpha value is -0.840.